The van der Waals surface area contributed by atoms with Gasteiger partial charge in [-0.05, 0) is 12.1 Å². The Hall–Kier alpha value is -1.58. The molecule has 0 saturated heterocycles. The van der Waals surface area contributed by atoms with Gasteiger partial charge in [0.25, 0.3) is 0 Å². The summed E-state index contributed by atoms with van der Waals surface area (Å²) >= 11 is 4.16. The number of aromatic nitrogens is 1. The normalized spacial score (nSPS) is 9.92. The molecule has 1 aromatic carbocycles. The molecule has 13 heavy (non-hydrogen) atoms. The lowest BCUT2D eigenvalue weighted by molar-refractivity contribution is 0.559. The first kappa shape index (κ1) is 8.04. The first-order valence-electron chi connectivity index (χ1n) is 3.47. The lowest BCUT2D eigenvalue weighted by Gasteiger charge is -1.88. The lowest BCUT2D eigenvalue weighted by atomic mass is 10.3. The monoisotopic (exact) mass is 192 g/mol. The smallest absolute Gasteiger partial charge is 0.333 e. The third-order valence-corrected chi connectivity index (χ3v) is 1.88. The average Bonchev–Trinajstić information content (AvgIpc) is 2.49. The van der Waals surface area contributed by atoms with E-state index < -0.39 is 0 Å². The van der Waals surface area contributed by atoms with Crippen LogP contribution in [0.2, 0.25) is 0 Å². The van der Waals surface area contributed by atoms with E-state index in [1.165, 1.54) is 6.08 Å². The summed E-state index contributed by atoms with van der Waals surface area (Å²) in [6.45, 7) is 0. The van der Waals surface area contributed by atoms with Crippen molar-refractivity contribution < 1.29 is 9.21 Å². The fourth-order valence-corrected chi connectivity index (χ4v) is 1.26. The zero-order chi connectivity index (χ0) is 9.26. The van der Waals surface area contributed by atoms with Gasteiger partial charge in [-0.25, -0.2) is 4.79 Å². The Morgan fingerprint density at radius 1 is 1.54 bits per heavy atom. The Bertz CT molecular complexity index is 500. The molecule has 0 spiro atoms. The molecule has 1 heterocycles. The van der Waals surface area contributed by atoms with Gasteiger partial charge in [-0.3, -0.25) is 0 Å². The van der Waals surface area contributed by atoms with E-state index in [0.717, 1.165) is 0 Å². The Kier molecular flexibility index (Phi) is 1.88. The van der Waals surface area contributed by atoms with Crippen LogP contribution in [0, 0.1) is 0 Å². The number of carbonyl (C=O) groups excluding carboxylic acids is 1. The summed E-state index contributed by atoms with van der Waals surface area (Å²) in [7, 11) is 0. The van der Waals surface area contributed by atoms with E-state index in [4.69, 9.17) is 4.42 Å². The maximum absolute atomic E-state index is 9.93. The number of para-hydroxylation sites is 1. The van der Waals surface area contributed by atoms with Crippen molar-refractivity contribution in [3.8, 4) is 0 Å². The highest BCUT2D eigenvalue weighted by atomic mass is 32.1. The van der Waals surface area contributed by atoms with Gasteiger partial charge in [0, 0.05) is 4.90 Å². The van der Waals surface area contributed by atoms with E-state index in [1.807, 2.05) is 0 Å². The minimum Gasteiger partial charge on any atom is -0.420 e. The molecular formula is C8H4N2O2S. The summed E-state index contributed by atoms with van der Waals surface area (Å²) in [4.78, 5) is 17.8. The minimum atomic E-state index is 0.00602. The predicted octanol–water partition coefficient (Wildman–Crippen LogP) is 2.08. The van der Waals surface area contributed by atoms with E-state index in [0.29, 0.717) is 16.0 Å². The molecule has 64 valence electrons. The molecule has 0 unspecified atom stereocenters. The number of benzene rings is 1. The number of nitrogens with zero attached hydrogens (tertiary/aromatic N) is 2. The number of hydrogen-bond acceptors (Lipinski definition) is 5. The molecule has 0 bridgehead atoms. The molecule has 0 aliphatic heterocycles. The van der Waals surface area contributed by atoms with Gasteiger partial charge in [0.1, 0.15) is 5.52 Å². The summed E-state index contributed by atoms with van der Waals surface area (Å²) in [6.07, 6.45) is 1.36. The fourth-order valence-electron chi connectivity index (χ4n) is 1.01. The van der Waals surface area contributed by atoms with Crippen molar-refractivity contribution in [3.63, 3.8) is 0 Å². The number of hydrogen-bond donors (Lipinski definition) is 1. The van der Waals surface area contributed by atoms with Gasteiger partial charge < -0.3 is 4.42 Å². The average molecular weight is 192 g/mol. The van der Waals surface area contributed by atoms with Gasteiger partial charge in [-0.15, -0.1) is 17.6 Å². The van der Waals surface area contributed by atoms with Crippen molar-refractivity contribution in [1.29, 1.82) is 0 Å². The van der Waals surface area contributed by atoms with Crippen LogP contribution in [0.4, 0.5) is 6.01 Å². The second-order valence-electron chi connectivity index (χ2n) is 2.32. The van der Waals surface area contributed by atoms with Crippen LogP contribution in [0.25, 0.3) is 11.1 Å². The van der Waals surface area contributed by atoms with Crippen molar-refractivity contribution in [3.05, 3.63) is 18.2 Å². The summed E-state index contributed by atoms with van der Waals surface area (Å²) in [6, 6.07) is 5.32. The van der Waals surface area contributed by atoms with E-state index in [2.05, 4.69) is 22.6 Å². The molecule has 0 N–H and O–H groups in total. The second-order valence-corrected chi connectivity index (χ2v) is 2.81. The third-order valence-electron chi connectivity index (χ3n) is 1.52. The van der Waals surface area contributed by atoms with Gasteiger partial charge in [0.2, 0.25) is 6.08 Å². The zero-order valence-electron chi connectivity index (χ0n) is 6.39. The highest BCUT2D eigenvalue weighted by Crippen LogP contribution is 2.25. The summed E-state index contributed by atoms with van der Waals surface area (Å²) in [5.41, 5.74) is 1.15. The van der Waals surface area contributed by atoms with Crippen LogP contribution in [0.3, 0.4) is 0 Å². The molecule has 0 atom stereocenters. The van der Waals surface area contributed by atoms with E-state index in [1.54, 1.807) is 18.2 Å². The van der Waals surface area contributed by atoms with Crippen LogP contribution >= 0.6 is 12.6 Å². The third kappa shape index (κ3) is 1.35. The van der Waals surface area contributed by atoms with E-state index in [-0.39, 0.29) is 6.01 Å². The van der Waals surface area contributed by atoms with Crippen molar-refractivity contribution in [2.45, 2.75) is 4.90 Å². The van der Waals surface area contributed by atoms with Gasteiger partial charge in [0.15, 0.2) is 5.58 Å². The van der Waals surface area contributed by atoms with Crippen molar-refractivity contribution >= 4 is 35.8 Å². The molecule has 1 aromatic heterocycles. The largest absolute Gasteiger partial charge is 0.420 e. The first-order chi connectivity index (χ1) is 6.31. The van der Waals surface area contributed by atoms with E-state index in [9.17, 15) is 4.79 Å². The zero-order valence-corrected chi connectivity index (χ0v) is 7.28. The van der Waals surface area contributed by atoms with Crippen LogP contribution < -0.4 is 0 Å². The summed E-state index contributed by atoms with van der Waals surface area (Å²) in [5.74, 6) is 0. The quantitative estimate of drug-likeness (QED) is 0.427. The highest BCUT2D eigenvalue weighted by Gasteiger charge is 2.06. The standard InChI is InChI=1S/C8H4N2O2S/c11-4-9-8-10-5-2-1-3-6(13)7(5)12-8/h1-3,13H. The molecule has 0 saturated carbocycles. The molecule has 0 aliphatic rings. The number of aliphatic imine (C=N–C) groups is 1. The number of oxazole rings is 1. The first-order valence-corrected chi connectivity index (χ1v) is 3.92. The second kappa shape index (κ2) is 3.05. The van der Waals surface area contributed by atoms with Crippen LogP contribution in [-0.4, -0.2) is 11.1 Å². The molecule has 2 rings (SSSR count). The predicted molar refractivity (Wildman–Crippen MR) is 49.0 cm³/mol. The van der Waals surface area contributed by atoms with Gasteiger partial charge in [-0.1, -0.05) is 6.07 Å². The van der Waals surface area contributed by atoms with Gasteiger partial charge in [0.05, 0.1) is 0 Å². The Morgan fingerprint density at radius 3 is 3.08 bits per heavy atom. The van der Waals surface area contributed by atoms with E-state index >= 15 is 0 Å². The maximum atomic E-state index is 9.93. The van der Waals surface area contributed by atoms with Gasteiger partial charge in [-0.2, -0.15) is 4.98 Å². The SMILES string of the molecule is O=C=Nc1nc2cccc(S)c2o1. The molecule has 5 heteroatoms. The Labute approximate surface area is 78.7 Å². The lowest BCUT2D eigenvalue weighted by Crippen LogP contribution is -1.67. The van der Waals surface area contributed by atoms with Crippen LogP contribution in [0.1, 0.15) is 0 Å². The maximum Gasteiger partial charge on any atom is 0.333 e. The van der Waals surface area contributed by atoms with Crippen LogP contribution in [0.5, 0.6) is 0 Å². The number of isocyanates is 1. The fraction of sp³-hybridized carbons (Fsp3) is 0. The van der Waals surface area contributed by atoms with Crippen molar-refractivity contribution in [2.75, 3.05) is 0 Å². The molecule has 0 fully saturated rings. The number of thiol groups is 1. The molecule has 0 aliphatic carbocycles. The van der Waals surface area contributed by atoms with Gasteiger partial charge >= 0.3 is 6.01 Å². The Morgan fingerprint density at radius 2 is 2.38 bits per heavy atom. The topological polar surface area (TPSA) is 55.5 Å². The van der Waals surface area contributed by atoms with Crippen molar-refractivity contribution in [2.24, 2.45) is 4.99 Å². The summed E-state index contributed by atoms with van der Waals surface area (Å²) < 4.78 is 5.12. The molecule has 2 aromatic rings. The van der Waals surface area contributed by atoms with Crippen LogP contribution in [-0.2, 0) is 4.79 Å². The highest BCUT2D eigenvalue weighted by molar-refractivity contribution is 7.80. The van der Waals surface area contributed by atoms with Crippen molar-refractivity contribution in [1.82, 2.24) is 4.98 Å². The molecule has 4 nitrogen and oxygen atoms in total. The number of rotatable bonds is 1. The molecule has 0 amide bonds. The summed E-state index contributed by atoms with van der Waals surface area (Å²) in [5, 5.41) is 0. The molecule has 0 radical (unpaired) electrons. The van der Waals surface area contributed by atoms with Crippen LogP contribution in [0.15, 0.2) is 32.5 Å². The minimum absolute atomic E-state index is 0.00602. The Balaban J connectivity index is 2.75. The number of fused-ring (bicyclic) bond motifs is 1. The molecular weight excluding hydrogens is 188 g/mol.